The minimum atomic E-state index is 0.554. The maximum atomic E-state index is 6.00. The maximum absolute atomic E-state index is 6.00. The smallest absolute Gasteiger partial charge is 0.141 e. The molecule has 1 aromatic heterocycles. The highest BCUT2D eigenvalue weighted by Gasteiger charge is 2.13. The van der Waals surface area contributed by atoms with Crippen LogP contribution in [0.1, 0.15) is 0 Å². The molecule has 0 bridgehead atoms. The van der Waals surface area contributed by atoms with Gasteiger partial charge in [0.05, 0.1) is 28.4 Å². The quantitative estimate of drug-likeness (QED) is 0.749. The fourth-order valence-electron chi connectivity index (χ4n) is 2.39. The third kappa shape index (κ3) is 2.60. The molecule has 1 heterocycles. The molecule has 0 fully saturated rings. The number of nitrogens with zero attached hydrogens (tertiary/aromatic N) is 2. The fraction of sp³-hybridized carbons (Fsp3) is 0.188. The molecule has 0 saturated heterocycles. The van der Waals surface area contributed by atoms with Gasteiger partial charge in [0.1, 0.15) is 5.82 Å². The molecule has 2 aromatic carbocycles. The molecule has 3 aromatic rings. The van der Waals surface area contributed by atoms with E-state index in [2.05, 4.69) is 10.6 Å². The minimum absolute atomic E-state index is 0.554. The minimum Gasteiger partial charge on any atom is -0.398 e. The number of ether oxygens (including phenoxy) is 1. The van der Waals surface area contributed by atoms with E-state index in [-0.39, 0.29) is 0 Å². The summed E-state index contributed by atoms with van der Waals surface area (Å²) in [5.41, 5.74) is 9.45. The summed E-state index contributed by atoms with van der Waals surface area (Å²) in [6.45, 7) is 1.35. The molecule has 0 aliphatic rings. The first-order chi connectivity index (χ1) is 10.2. The zero-order chi connectivity index (χ0) is 14.8. The number of imidazole rings is 1. The van der Waals surface area contributed by atoms with Gasteiger partial charge in [-0.25, -0.2) is 4.98 Å². The van der Waals surface area contributed by atoms with Gasteiger partial charge in [0.2, 0.25) is 0 Å². The lowest BCUT2D eigenvalue weighted by Crippen LogP contribution is -2.06. The monoisotopic (exact) mass is 301 g/mol. The Bertz CT molecular complexity index is 782. The highest BCUT2D eigenvalue weighted by molar-refractivity contribution is 6.33. The van der Waals surface area contributed by atoms with Gasteiger partial charge in [-0.15, -0.1) is 0 Å². The van der Waals surface area contributed by atoms with E-state index < -0.39 is 0 Å². The predicted molar refractivity (Wildman–Crippen MR) is 86.5 cm³/mol. The molecule has 0 saturated carbocycles. The number of methoxy groups -OCH3 is 1. The summed E-state index contributed by atoms with van der Waals surface area (Å²) in [5, 5.41) is 0.554. The number of hydrogen-bond acceptors (Lipinski definition) is 3. The van der Waals surface area contributed by atoms with Crippen molar-refractivity contribution >= 4 is 28.3 Å². The van der Waals surface area contributed by atoms with Gasteiger partial charge in [-0.3, -0.25) is 0 Å². The molecule has 3 rings (SSSR count). The molecule has 0 amide bonds. The summed E-state index contributed by atoms with van der Waals surface area (Å²) in [4.78, 5) is 4.72. The first-order valence-corrected chi connectivity index (χ1v) is 7.08. The van der Waals surface area contributed by atoms with E-state index in [1.54, 1.807) is 13.2 Å². The van der Waals surface area contributed by atoms with Crippen molar-refractivity contribution in [2.45, 2.75) is 6.54 Å². The summed E-state index contributed by atoms with van der Waals surface area (Å²) in [5.74, 6) is 0.872. The first kappa shape index (κ1) is 13.9. The molecular formula is C16H16ClN3O. The van der Waals surface area contributed by atoms with Crippen molar-refractivity contribution in [3.63, 3.8) is 0 Å². The molecule has 0 aliphatic heterocycles. The van der Waals surface area contributed by atoms with E-state index in [0.717, 1.165) is 29.0 Å². The van der Waals surface area contributed by atoms with Crippen LogP contribution in [0.2, 0.25) is 5.02 Å². The molecular weight excluding hydrogens is 286 g/mol. The Labute approximate surface area is 128 Å². The zero-order valence-corrected chi connectivity index (χ0v) is 12.5. The van der Waals surface area contributed by atoms with Gasteiger partial charge in [-0.2, -0.15) is 0 Å². The van der Waals surface area contributed by atoms with E-state index in [0.29, 0.717) is 17.3 Å². The SMILES string of the molecule is COCCn1c(-c2ccc(Cl)c(N)c2)nc2ccccc21. The third-order valence-corrected chi connectivity index (χ3v) is 3.77. The van der Waals surface area contributed by atoms with Gasteiger partial charge in [-0.05, 0) is 30.3 Å². The van der Waals surface area contributed by atoms with Gasteiger partial charge in [0.25, 0.3) is 0 Å². The molecule has 0 aliphatic carbocycles. The summed E-state index contributed by atoms with van der Waals surface area (Å²) < 4.78 is 7.34. The lowest BCUT2D eigenvalue weighted by molar-refractivity contribution is 0.188. The molecule has 5 heteroatoms. The van der Waals surface area contributed by atoms with Crippen LogP contribution in [0.25, 0.3) is 22.4 Å². The number of nitrogens with two attached hydrogens (primary N) is 1. The Balaban J connectivity index is 2.17. The first-order valence-electron chi connectivity index (χ1n) is 6.70. The standard InChI is InChI=1S/C16H16ClN3O/c1-21-9-8-20-15-5-3-2-4-14(15)19-16(20)11-6-7-12(17)13(18)10-11/h2-7,10H,8-9,18H2,1H3. The second-order valence-electron chi connectivity index (χ2n) is 4.80. The number of benzene rings is 2. The van der Waals surface area contributed by atoms with E-state index in [1.165, 1.54) is 0 Å². The van der Waals surface area contributed by atoms with Crippen molar-refractivity contribution in [1.82, 2.24) is 9.55 Å². The van der Waals surface area contributed by atoms with Crippen molar-refractivity contribution in [2.24, 2.45) is 0 Å². The summed E-state index contributed by atoms with van der Waals surface area (Å²) in [7, 11) is 1.69. The number of rotatable bonds is 4. The van der Waals surface area contributed by atoms with Crippen molar-refractivity contribution in [3.8, 4) is 11.4 Å². The van der Waals surface area contributed by atoms with Crippen molar-refractivity contribution in [2.75, 3.05) is 19.5 Å². The number of nitrogen functional groups attached to an aromatic ring is 1. The molecule has 0 unspecified atom stereocenters. The molecule has 0 radical (unpaired) electrons. The number of anilines is 1. The largest absolute Gasteiger partial charge is 0.398 e. The Morgan fingerprint density at radius 1 is 1.24 bits per heavy atom. The average molecular weight is 302 g/mol. The maximum Gasteiger partial charge on any atom is 0.141 e. The number of aromatic nitrogens is 2. The molecule has 4 nitrogen and oxygen atoms in total. The van der Waals surface area contributed by atoms with Crippen molar-refractivity contribution < 1.29 is 4.74 Å². The van der Waals surface area contributed by atoms with Crippen molar-refractivity contribution in [3.05, 3.63) is 47.5 Å². The van der Waals surface area contributed by atoms with E-state index in [9.17, 15) is 0 Å². The zero-order valence-electron chi connectivity index (χ0n) is 11.7. The number of para-hydroxylation sites is 2. The van der Waals surface area contributed by atoms with Crippen LogP contribution in [0, 0.1) is 0 Å². The van der Waals surface area contributed by atoms with Crippen LogP contribution in [0.15, 0.2) is 42.5 Å². The van der Waals surface area contributed by atoms with Gasteiger partial charge >= 0.3 is 0 Å². The lowest BCUT2D eigenvalue weighted by atomic mass is 10.2. The van der Waals surface area contributed by atoms with Gasteiger partial charge in [0, 0.05) is 19.2 Å². The third-order valence-electron chi connectivity index (χ3n) is 3.43. The van der Waals surface area contributed by atoms with Crippen LogP contribution >= 0.6 is 11.6 Å². The van der Waals surface area contributed by atoms with Crippen LogP contribution in [0.3, 0.4) is 0 Å². The topological polar surface area (TPSA) is 53.1 Å². The molecule has 2 N–H and O–H groups in total. The average Bonchev–Trinajstić information content (AvgIpc) is 2.86. The van der Waals surface area contributed by atoms with Crippen LogP contribution in [0.4, 0.5) is 5.69 Å². The van der Waals surface area contributed by atoms with Gasteiger partial charge < -0.3 is 15.0 Å². The second kappa shape index (κ2) is 5.76. The fourth-order valence-corrected chi connectivity index (χ4v) is 2.51. The summed E-state index contributed by atoms with van der Waals surface area (Å²) in [6, 6.07) is 13.6. The molecule has 108 valence electrons. The van der Waals surface area contributed by atoms with Gasteiger partial charge in [-0.1, -0.05) is 23.7 Å². The Morgan fingerprint density at radius 2 is 2.05 bits per heavy atom. The van der Waals surface area contributed by atoms with Crippen LogP contribution in [-0.2, 0) is 11.3 Å². The Kier molecular flexibility index (Phi) is 3.82. The lowest BCUT2D eigenvalue weighted by Gasteiger charge is -2.09. The highest BCUT2D eigenvalue weighted by Crippen LogP contribution is 2.29. The van der Waals surface area contributed by atoms with E-state index in [4.69, 9.17) is 27.1 Å². The highest BCUT2D eigenvalue weighted by atomic mass is 35.5. The molecule has 0 spiro atoms. The predicted octanol–water partition coefficient (Wildman–Crippen LogP) is 3.59. The normalized spacial score (nSPS) is 11.1. The van der Waals surface area contributed by atoms with Crippen LogP contribution in [-0.4, -0.2) is 23.3 Å². The van der Waals surface area contributed by atoms with E-state index in [1.807, 2.05) is 30.3 Å². The van der Waals surface area contributed by atoms with Crippen molar-refractivity contribution in [1.29, 1.82) is 0 Å². The van der Waals surface area contributed by atoms with E-state index >= 15 is 0 Å². The number of halogens is 1. The Hall–Kier alpha value is -2.04. The van der Waals surface area contributed by atoms with Crippen LogP contribution in [0.5, 0.6) is 0 Å². The second-order valence-corrected chi connectivity index (χ2v) is 5.21. The Morgan fingerprint density at radius 3 is 2.81 bits per heavy atom. The van der Waals surface area contributed by atoms with Crippen LogP contribution < -0.4 is 5.73 Å². The number of fused-ring (bicyclic) bond motifs is 1. The summed E-state index contributed by atoms with van der Waals surface area (Å²) >= 11 is 6.00. The van der Waals surface area contributed by atoms with Gasteiger partial charge in [0.15, 0.2) is 0 Å². The molecule has 0 atom stereocenters. The molecule has 21 heavy (non-hydrogen) atoms. The summed E-state index contributed by atoms with van der Waals surface area (Å²) in [6.07, 6.45) is 0. The number of hydrogen-bond donors (Lipinski definition) is 1.